The third kappa shape index (κ3) is 20.3. The molecule has 0 radical (unpaired) electrons. The van der Waals surface area contributed by atoms with Crippen LogP contribution in [-0.2, 0) is 19.2 Å². The smallest absolute Gasteiger partial charge is 0.263 e. The fraction of sp³-hybridized carbons (Fsp3) is 0.545. The van der Waals surface area contributed by atoms with E-state index >= 15 is 0 Å². The van der Waals surface area contributed by atoms with Crippen LogP contribution in [0.25, 0.3) is 44.1 Å². The van der Waals surface area contributed by atoms with Crippen LogP contribution in [0.4, 0.5) is 49.1 Å². The van der Waals surface area contributed by atoms with E-state index in [9.17, 15) is 66.6 Å². The molecule has 0 spiro atoms. The standard InChI is InChI=1S/2C22H26F2N6O.2C22H26FN5O/c2*1-14-11-30(18-4-3-15(10-25)20-21(18)27-7-6-26-20)12-17(14)28-19(31)9-16-5-8-29(2)13-22(16,23)24;2*1-15-13-28(18-6-5-16(12-24)20-21(18)26-10-9-25-20)14-17(15)27-19(29)11-22(23)7-3-2-4-8-22/h2*3-4,6-7,14,16-17H,5,8-9,11-13H2,1-2H3,(H,28,31);2*5-6,9-10,15,17H,2-4,7-8,11,13-14H2,1H3,(H,27,29)/t2*14-,16?,17+;2*15-,17+/m1111/s1. The molecule has 632 valence electrons. The SMILES string of the molecule is C[C@@H]1CN(c2ccc(C#N)c3nccnc23)C[C@@H]1NC(=O)CC1(F)CCCCC1.C[C@@H]1CN(c2ccc(C#N)c3nccnc23)C[C@@H]1NC(=O)CC1(F)CCCCC1.C[C@@H]1CN(c2ccc(C#N)c3nccnc23)C[C@@H]1NC(=O)CC1CCN(C)CC1(F)F.C[C@@H]1CN(c2ccc(C#N)c3nccnc23)C[C@@H]1NC(=O)CC1CCN(C)CC1(F)F. The van der Waals surface area contributed by atoms with Crippen molar-refractivity contribution in [2.45, 2.75) is 178 Å². The van der Waals surface area contributed by atoms with Gasteiger partial charge in [-0.2, -0.15) is 21.0 Å². The first kappa shape index (κ1) is 86.6. The fourth-order valence-electron chi connectivity index (χ4n) is 18.6. The highest BCUT2D eigenvalue weighted by molar-refractivity contribution is 5.95. The molecule has 8 fully saturated rings. The van der Waals surface area contributed by atoms with Crippen molar-refractivity contribution in [3.63, 3.8) is 0 Å². The zero-order valence-electron chi connectivity index (χ0n) is 68.8. The number of fused-ring (bicyclic) bond motifs is 4. The number of carbonyl (C=O) groups is 4. The molecule has 4 N–H and O–H groups in total. The van der Waals surface area contributed by atoms with Crippen molar-refractivity contribution in [3.8, 4) is 24.3 Å². The van der Waals surface area contributed by atoms with Crippen molar-refractivity contribution in [1.82, 2.24) is 70.9 Å². The molecule has 6 aliphatic heterocycles. The maximum Gasteiger partial charge on any atom is 0.263 e. The number of amides is 4. The minimum Gasteiger partial charge on any atom is -0.367 e. The average molecular weight is 1650 g/mol. The van der Waals surface area contributed by atoms with Gasteiger partial charge in [0.2, 0.25) is 23.6 Å². The predicted molar refractivity (Wildman–Crippen MR) is 444 cm³/mol. The van der Waals surface area contributed by atoms with Crippen LogP contribution in [0.15, 0.2) is 98.1 Å². The molecule has 32 heteroatoms. The van der Waals surface area contributed by atoms with E-state index in [1.165, 1.54) is 0 Å². The Balaban J connectivity index is 0.000000138. The first-order chi connectivity index (χ1) is 57.5. The molecular weight excluding hydrogens is 1540 g/mol. The number of rotatable bonds is 16. The van der Waals surface area contributed by atoms with Gasteiger partial charge in [-0.3, -0.25) is 59.0 Å². The number of likely N-dealkylation sites (tertiary alicyclic amines) is 2. The van der Waals surface area contributed by atoms with Crippen LogP contribution in [0.1, 0.15) is 153 Å². The van der Waals surface area contributed by atoms with Gasteiger partial charge in [-0.05, 0) is 138 Å². The predicted octanol–water partition coefficient (Wildman–Crippen LogP) is 11.8. The van der Waals surface area contributed by atoms with E-state index in [2.05, 4.69) is 119 Å². The number of anilines is 4. The minimum absolute atomic E-state index is 0.0402. The van der Waals surface area contributed by atoms with Crippen molar-refractivity contribution in [3.05, 3.63) is 120 Å². The number of carbonyl (C=O) groups excluding carboxylic acids is 4. The minimum atomic E-state index is -2.85. The van der Waals surface area contributed by atoms with Crippen molar-refractivity contribution in [1.29, 1.82) is 21.0 Å². The summed E-state index contributed by atoms with van der Waals surface area (Å²) in [4.78, 5) is 96.9. The second-order valence-corrected chi connectivity index (χ2v) is 34.4. The third-order valence-electron chi connectivity index (χ3n) is 25.3. The summed E-state index contributed by atoms with van der Waals surface area (Å²) < 4.78 is 86.9. The Labute approximate surface area is 694 Å². The molecule has 2 aliphatic carbocycles. The van der Waals surface area contributed by atoms with Crippen molar-refractivity contribution < 1.29 is 45.5 Å². The van der Waals surface area contributed by atoms with E-state index in [0.717, 1.165) is 74.4 Å². The second kappa shape index (κ2) is 37.6. The zero-order chi connectivity index (χ0) is 85.2. The number of nitrogens with zero attached hydrogens (tertiary/aromatic N) is 18. The number of hydrogen-bond donors (Lipinski definition) is 4. The molecule has 26 nitrogen and oxygen atoms in total. The summed E-state index contributed by atoms with van der Waals surface area (Å²) in [5.74, 6) is -7.84. The van der Waals surface area contributed by atoms with E-state index in [1.807, 2.05) is 38.1 Å². The van der Waals surface area contributed by atoms with Crippen molar-refractivity contribution in [2.24, 2.45) is 35.5 Å². The van der Waals surface area contributed by atoms with E-state index < -0.39 is 35.0 Å². The molecule has 4 amide bonds. The zero-order valence-corrected chi connectivity index (χ0v) is 68.8. The summed E-state index contributed by atoms with van der Waals surface area (Å²) in [6.07, 6.45) is 20.5. The van der Waals surface area contributed by atoms with E-state index in [0.29, 0.717) is 157 Å². The third-order valence-corrected chi connectivity index (χ3v) is 25.3. The lowest BCUT2D eigenvalue weighted by molar-refractivity contribution is -0.135. The lowest BCUT2D eigenvalue weighted by Crippen LogP contribution is -2.49. The summed E-state index contributed by atoms with van der Waals surface area (Å²) in [6.45, 7) is 14.0. The Hall–Kier alpha value is -11.2. The Kier molecular flexibility index (Phi) is 27.1. The summed E-state index contributed by atoms with van der Waals surface area (Å²) >= 11 is 0. The molecule has 0 bridgehead atoms. The lowest BCUT2D eigenvalue weighted by atomic mass is 9.84. The van der Waals surface area contributed by atoms with Crippen LogP contribution in [0.5, 0.6) is 0 Å². The van der Waals surface area contributed by atoms with Crippen molar-refractivity contribution in [2.75, 3.05) is 112 Å². The summed E-state index contributed by atoms with van der Waals surface area (Å²) in [7, 11) is 3.35. The molecule has 6 saturated heterocycles. The second-order valence-electron chi connectivity index (χ2n) is 34.4. The van der Waals surface area contributed by atoms with E-state index in [-0.39, 0.29) is 110 Å². The Morgan fingerprint density at radius 1 is 0.367 bits per heavy atom. The number of piperidine rings is 2. The highest BCUT2D eigenvalue weighted by Crippen LogP contribution is 2.42. The first-order valence-corrected chi connectivity index (χ1v) is 41.8. The molecule has 10 atom stereocenters. The molecular formula is C88H104F6N22O4. The van der Waals surface area contributed by atoms with Gasteiger partial charge in [0.25, 0.3) is 11.8 Å². The van der Waals surface area contributed by atoms with Gasteiger partial charge < -0.3 is 50.7 Å². The molecule has 4 aromatic heterocycles. The highest BCUT2D eigenvalue weighted by Gasteiger charge is 2.48. The lowest BCUT2D eigenvalue weighted by Gasteiger charge is -2.36. The molecule has 8 aliphatic rings. The molecule has 4 aromatic carbocycles. The van der Waals surface area contributed by atoms with E-state index in [4.69, 9.17) is 0 Å². The van der Waals surface area contributed by atoms with Gasteiger partial charge in [0.05, 0.1) is 95.1 Å². The van der Waals surface area contributed by atoms with Crippen molar-refractivity contribution >= 4 is 90.5 Å². The molecule has 2 saturated carbocycles. The van der Waals surface area contributed by atoms with Gasteiger partial charge in [0, 0.05) is 127 Å². The van der Waals surface area contributed by atoms with Gasteiger partial charge in [-0.15, -0.1) is 0 Å². The Bertz CT molecular complexity index is 4900. The summed E-state index contributed by atoms with van der Waals surface area (Å²) in [5, 5.41) is 49.4. The number of aromatic nitrogens is 8. The number of nitrogens with one attached hydrogen (secondary N) is 4. The van der Waals surface area contributed by atoms with Crippen LogP contribution in [0.2, 0.25) is 0 Å². The maximum atomic E-state index is 14.9. The van der Waals surface area contributed by atoms with Crippen LogP contribution in [-0.4, -0.2) is 213 Å². The Morgan fingerprint density at radius 2 is 0.608 bits per heavy atom. The maximum absolute atomic E-state index is 14.9. The molecule has 2 unspecified atom stereocenters. The first-order valence-electron chi connectivity index (χ1n) is 41.8. The summed E-state index contributed by atoms with van der Waals surface area (Å²) in [6, 6.07) is 22.7. The topological polar surface area (TPSA) is 334 Å². The number of nitriles is 4. The van der Waals surface area contributed by atoms with Gasteiger partial charge in [0.1, 0.15) is 79.7 Å². The average Bonchev–Trinajstić information content (AvgIpc) is 1.07. The summed E-state index contributed by atoms with van der Waals surface area (Å²) in [5.41, 5.74) is 7.69. The number of hydrogen-bond acceptors (Lipinski definition) is 22. The van der Waals surface area contributed by atoms with Crippen LogP contribution in [0, 0.1) is 80.8 Å². The van der Waals surface area contributed by atoms with Crippen LogP contribution >= 0.6 is 0 Å². The molecule has 8 aromatic rings. The number of halogens is 6. The van der Waals surface area contributed by atoms with Gasteiger partial charge in [-0.25, -0.2) is 26.3 Å². The molecule has 10 heterocycles. The normalized spacial score (nSPS) is 24.9. The van der Waals surface area contributed by atoms with Gasteiger partial charge >= 0.3 is 0 Å². The fourth-order valence-corrected chi connectivity index (χ4v) is 18.6. The van der Waals surface area contributed by atoms with Gasteiger partial charge in [0.15, 0.2) is 0 Å². The number of alkyl halides is 6. The quantitative estimate of drug-likeness (QED) is 0.0653. The largest absolute Gasteiger partial charge is 0.367 e. The number of benzene rings is 4. The molecule has 120 heavy (non-hydrogen) atoms. The van der Waals surface area contributed by atoms with Crippen LogP contribution < -0.4 is 40.9 Å². The van der Waals surface area contributed by atoms with Crippen LogP contribution in [0.3, 0.4) is 0 Å². The Morgan fingerprint density at radius 3 is 0.850 bits per heavy atom. The monoisotopic (exact) mass is 1650 g/mol. The van der Waals surface area contributed by atoms with Gasteiger partial charge in [-0.1, -0.05) is 66.2 Å². The highest BCUT2D eigenvalue weighted by atomic mass is 19.3. The van der Waals surface area contributed by atoms with E-state index in [1.54, 1.807) is 97.7 Å². The molecule has 16 rings (SSSR count).